The first-order chi connectivity index (χ1) is 13.6. The number of carbonyl (C=O) groups is 1. The van der Waals surface area contributed by atoms with Gasteiger partial charge in [-0.15, -0.1) is 0 Å². The zero-order valence-electron chi connectivity index (χ0n) is 15.6. The van der Waals surface area contributed by atoms with Crippen molar-refractivity contribution >= 4 is 11.6 Å². The summed E-state index contributed by atoms with van der Waals surface area (Å²) in [4.78, 5) is 12.5. The standard InChI is InChI=1S/C23H22FNO3/c1-2-22(28-21-12-8-18(24)9-13-21)23(26)25-19-10-14-20(15-11-19)27-16-17-6-4-3-5-7-17/h3-15,22H,2,16H2,1H3,(H,25,26)/t22-/m0/s1. The Kier molecular flexibility index (Phi) is 6.63. The van der Waals surface area contributed by atoms with Crippen molar-refractivity contribution in [1.29, 1.82) is 0 Å². The van der Waals surface area contributed by atoms with E-state index in [1.165, 1.54) is 24.3 Å². The topological polar surface area (TPSA) is 47.6 Å². The van der Waals surface area contributed by atoms with Crippen LogP contribution in [0.4, 0.5) is 10.1 Å². The van der Waals surface area contributed by atoms with Crippen LogP contribution in [-0.2, 0) is 11.4 Å². The summed E-state index contributed by atoms with van der Waals surface area (Å²) in [6, 6.07) is 22.7. The van der Waals surface area contributed by atoms with Gasteiger partial charge in [0.2, 0.25) is 0 Å². The van der Waals surface area contributed by atoms with Gasteiger partial charge in [0.25, 0.3) is 5.91 Å². The molecular formula is C23H22FNO3. The van der Waals surface area contributed by atoms with Gasteiger partial charge < -0.3 is 14.8 Å². The zero-order chi connectivity index (χ0) is 19.8. The average molecular weight is 379 g/mol. The molecule has 0 radical (unpaired) electrons. The Hall–Kier alpha value is -3.34. The van der Waals surface area contributed by atoms with Crippen LogP contribution in [0.1, 0.15) is 18.9 Å². The lowest BCUT2D eigenvalue weighted by Gasteiger charge is -2.17. The number of nitrogens with one attached hydrogen (secondary N) is 1. The van der Waals surface area contributed by atoms with Gasteiger partial charge in [0.15, 0.2) is 6.10 Å². The highest BCUT2D eigenvalue weighted by molar-refractivity contribution is 5.94. The Morgan fingerprint density at radius 1 is 0.929 bits per heavy atom. The van der Waals surface area contributed by atoms with Crippen molar-refractivity contribution in [2.75, 3.05) is 5.32 Å². The van der Waals surface area contributed by atoms with Crippen LogP contribution in [-0.4, -0.2) is 12.0 Å². The molecule has 0 heterocycles. The van der Waals surface area contributed by atoms with Crippen molar-refractivity contribution in [1.82, 2.24) is 0 Å². The molecule has 0 bridgehead atoms. The highest BCUT2D eigenvalue weighted by Gasteiger charge is 2.18. The lowest BCUT2D eigenvalue weighted by atomic mass is 10.2. The molecule has 0 aliphatic carbocycles. The van der Waals surface area contributed by atoms with E-state index in [0.717, 1.165) is 11.3 Å². The molecule has 0 unspecified atom stereocenters. The summed E-state index contributed by atoms with van der Waals surface area (Å²) in [7, 11) is 0. The van der Waals surface area contributed by atoms with Gasteiger partial charge in [-0.3, -0.25) is 4.79 Å². The van der Waals surface area contributed by atoms with Crippen molar-refractivity contribution in [2.45, 2.75) is 26.1 Å². The van der Waals surface area contributed by atoms with Gasteiger partial charge in [0.05, 0.1) is 0 Å². The number of carbonyl (C=O) groups excluding carboxylic acids is 1. The molecule has 1 atom stereocenters. The molecule has 0 aromatic heterocycles. The van der Waals surface area contributed by atoms with Crippen LogP contribution in [0.2, 0.25) is 0 Å². The van der Waals surface area contributed by atoms with Crippen molar-refractivity contribution in [3.8, 4) is 11.5 Å². The first kappa shape index (κ1) is 19.4. The molecule has 0 aliphatic heterocycles. The predicted octanol–water partition coefficient (Wildman–Crippen LogP) is 5.20. The Bertz CT molecular complexity index is 880. The number of anilines is 1. The third-order valence-electron chi connectivity index (χ3n) is 4.13. The van der Waals surface area contributed by atoms with Crippen molar-refractivity contribution in [2.24, 2.45) is 0 Å². The predicted molar refractivity (Wildman–Crippen MR) is 107 cm³/mol. The van der Waals surface area contributed by atoms with Crippen molar-refractivity contribution < 1.29 is 18.7 Å². The van der Waals surface area contributed by atoms with E-state index < -0.39 is 6.10 Å². The van der Waals surface area contributed by atoms with E-state index in [4.69, 9.17) is 9.47 Å². The lowest BCUT2D eigenvalue weighted by molar-refractivity contribution is -0.122. The molecule has 3 rings (SSSR count). The number of ether oxygens (including phenoxy) is 2. The number of rotatable bonds is 8. The maximum Gasteiger partial charge on any atom is 0.265 e. The Morgan fingerprint density at radius 3 is 2.21 bits per heavy atom. The minimum atomic E-state index is -0.667. The largest absolute Gasteiger partial charge is 0.489 e. The van der Waals surface area contributed by atoms with Gasteiger partial charge in [-0.2, -0.15) is 0 Å². The van der Waals surface area contributed by atoms with Gasteiger partial charge in [-0.25, -0.2) is 4.39 Å². The van der Waals surface area contributed by atoms with E-state index in [-0.39, 0.29) is 11.7 Å². The van der Waals surface area contributed by atoms with Crippen LogP contribution < -0.4 is 14.8 Å². The maximum absolute atomic E-state index is 13.0. The van der Waals surface area contributed by atoms with Crippen LogP contribution in [0.25, 0.3) is 0 Å². The third kappa shape index (κ3) is 5.58. The number of hydrogen-bond acceptors (Lipinski definition) is 3. The minimum Gasteiger partial charge on any atom is -0.489 e. The maximum atomic E-state index is 13.0. The Morgan fingerprint density at radius 2 is 1.57 bits per heavy atom. The summed E-state index contributed by atoms with van der Waals surface area (Å²) in [5.41, 5.74) is 1.74. The second-order valence-corrected chi connectivity index (χ2v) is 6.26. The fraction of sp³-hybridized carbons (Fsp3) is 0.174. The van der Waals surface area contributed by atoms with Gasteiger partial charge in [0.1, 0.15) is 23.9 Å². The Balaban J connectivity index is 1.54. The third-order valence-corrected chi connectivity index (χ3v) is 4.13. The molecule has 0 aliphatic rings. The molecule has 0 saturated heterocycles. The lowest BCUT2D eigenvalue weighted by Crippen LogP contribution is -2.32. The number of halogens is 1. The first-order valence-corrected chi connectivity index (χ1v) is 9.14. The normalized spacial score (nSPS) is 11.5. The minimum absolute atomic E-state index is 0.259. The summed E-state index contributed by atoms with van der Waals surface area (Å²) in [5.74, 6) is 0.564. The molecule has 144 valence electrons. The highest BCUT2D eigenvalue weighted by Crippen LogP contribution is 2.19. The summed E-state index contributed by atoms with van der Waals surface area (Å²) < 4.78 is 24.4. The number of hydrogen-bond donors (Lipinski definition) is 1. The molecule has 28 heavy (non-hydrogen) atoms. The fourth-order valence-corrected chi connectivity index (χ4v) is 2.60. The smallest absolute Gasteiger partial charge is 0.265 e. The monoisotopic (exact) mass is 379 g/mol. The highest BCUT2D eigenvalue weighted by atomic mass is 19.1. The van der Waals surface area contributed by atoms with Crippen LogP contribution >= 0.6 is 0 Å². The molecular weight excluding hydrogens is 357 g/mol. The van der Waals surface area contributed by atoms with E-state index in [9.17, 15) is 9.18 Å². The first-order valence-electron chi connectivity index (χ1n) is 9.14. The van der Waals surface area contributed by atoms with Crippen molar-refractivity contribution in [3.05, 3.63) is 90.2 Å². The zero-order valence-corrected chi connectivity index (χ0v) is 15.6. The summed E-state index contributed by atoms with van der Waals surface area (Å²) in [5, 5.41) is 2.83. The fourth-order valence-electron chi connectivity index (χ4n) is 2.60. The van der Waals surface area contributed by atoms with Gasteiger partial charge in [-0.1, -0.05) is 37.3 Å². The van der Waals surface area contributed by atoms with E-state index in [0.29, 0.717) is 24.5 Å². The molecule has 1 amide bonds. The van der Waals surface area contributed by atoms with E-state index in [1.807, 2.05) is 37.3 Å². The van der Waals surface area contributed by atoms with Gasteiger partial charge in [-0.05, 0) is 60.5 Å². The second-order valence-electron chi connectivity index (χ2n) is 6.26. The van der Waals surface area contributed by atoms with Crippen LogP contribution in [0.5, 0.6) is 11.5 Å². The van der Waals surface area contributed by atoms with E-state index in [2.05, 4.69) is 5.32 Å². The summed E-state index contributed by atoms with van der Waals surface area (Å²) >= 11 is 0. The summed E-state index contributed by atoms with van der Waals surface area (Å²) in [6.45, 7) is 2.34. The summed E-state index contributed by atoms with van der Waals surface area (Å²) in [6.07, 6.45) is -0.180. The number of amides is 1. The molecule has 3 aromatic carbocycles. The van der Waals surface area contributed by atoms with Crippen LogP contribution in [0.3, 0.4) is 0 Å². The molecule has 0 saturated carbocycles. The van der Waals surface area contributed by atoms with Crippen molar-refractivity contribution in [3.63, 3.8) is 0 Å². The molecule has 5 heteroatoms. The molecule has 3 aromatic rings. The molecule has 0 fully saturated rings. The van der Waals surface area contributed by atoms with Gasteiger partial charge in [0, 0.05) is 5.69 Å². The second kappa shape index (κ2) is 9.55. The van der Waals surface area contributed by atoms with Crippen LogP contribution in [0, 0.1) is 5.82 Å². The average Bonchev–Trinajstić information content (AvgIpc) is 2.73. The number of benzene rings is 3. The molecule has 1 N–H and O–H groups in total. The molecule has 0 spiro atoms. The van der Waals surface area contributed by atoms with E-state index >= 15 is 0 Å². The van der Waals surface area contributed by atoms with E-state index in [1.54, 1.807) is 24.3 Å². The quantitative estimate of drug-likeness (QED) is 0.585. The Labute approximate surface area is 163 Å². The SMILES string of the molecule is CC[C@H](Oc1ccc(F)cc1)C(=O)Nc1ccc(OCc2ccccc2)cc1. The molecule has 4 nitrogen and oxygen atoms in total. The van der Waals surface area contributed by atoms with Gasteiger partial charge >= 0.3 is 0 Å². The van der Waals surface area contributed by atoms with Crippen LogP contribution in [0.15, 0.2) is 78.9 Å².